The number of carbonyl (C=O) groups is 1. The van der Waals surface area contributed by atoms with Crippen molar-refractivity contribution in [2.75, 3.05) is 43.0 Å². The fraction of sp³-hybridized carbons (Fsp3) is 0.412. The van der Waals surface area contributed by atoms with Crippen molar-refractivity contribution in [3.63, 3.8) is 0 Å². The Labute approximate surface area is 146 Å². The van der Waals surface area contributed by atoms with Crippen molar-refractivity contribution >= 4 is 23.4 Å². The molecule has 0 atom stereocenters. The maximum Gasteiger partial charge on any atom is 0.247 e. The lowest BCUT2D eigenvalue weighted by atomic mass is 10.3. The zero-order chi connectivity index (χ0) is 17.6. The number of nitrogens with one attached hydrogen (secondary N) is 1. The van der Waals surface area contributed by atoms with Crippen LogP contribution in [0.4, 0.5) is 17.5 Å². The summed E-state index contributed by atoms with van der Waals surface area (Å²) in [7, 11) is 0. The van der Waals surface area contributed by atoms with Crippen LogP contribution >= 0.6 is 0 Å². The fourth-order valence-corrected chi connectivity index (χ4v) is 2.70. The Morgan fingerprint density at radius 3 is 2.72 bits per heavy atom. The molecule has 0 spiro atoms. The molecule has 0 aliphatic carbocycles. The first-order chi connectivity index (χ1) is 12.2. The van der Waals surface area contributed by atoms with Crippen LogP contribution in [-0.4, -0.2) is 58.8 Å². The molecular formula is C17H22N6O2. The third-order valence-corrected chi connectivity index (χ3v) is 4.01. The standard InChI is InChI=1S/C17H22N6O2/c1-3-25-15-7-5-4-6-14(15)19-16-12-18-21-17(20-16)23-10-8-22(9-11-23)13(2)24/h4-7,12H,3,8-11H2,1-2H3,(H,19,20,21). The van der Waals surface area contributed by atoms with E-state index in [4.69, 9.17) is 4.74 Å². The normalized spacial score (nSPS) is 14.3. The number of hydrogen-bond acceptors (Lipinski definition) is 7. The van der Waals surface area contributed by atoms with Gasteiger partial charge in [0.15, 0.2) is 5.82 Å². The van der Waals surface area contributed by atoms with Gasteiger partial charge in [0.05, 0.1) is 18.5 Å². The van der Waals surface area contributed by atoms with Gasteiger partial charge in [-0.1, -0.05) is 12.1 Å². The van der Waals surface area contributed by atoms with E-state index in [0.29, 0.717) is 44.6 Å². The number of para-hydroxylation sites is 2. The van der Waals surface area contributed by atoms with Crippen molar-refractivity contribution in [1.82, 2.24) is 20.1 Å². The summed E-state index contributed by atoms with van der Waals surface area (Å²) in [6.45, 7) is 6.86. The molecule has 25 heavy (non-hydrogen) atoms. The van der Waals surface area contributed by atoms with Crippen LogP contribution < -0.4 is 15.0 Å². The average molecular weight is 342 g/mol. The van der Waals surface area contributed by atoms with Crippen LogP contribution in [0.25, 0.3) is 0 Å². The molecule has 1 amide bonds. The lowest BCUT2D eigenvalue weighted by Crippen LogP contribution is -2.48. The maximum atomic E-state index is 11.4. The van der Waals surface area contributed by atoms with Gasteiger partial charge in [0.1, 0.15) is 5.75 Å². The number of aromatic nitrogens is 3. The second-order valence-electron chi connectivity index (χ2n) is 5.69. The van der Waals surface area contributed by atoms with Crippen LogP contribution in [0.5, 0.6) is 5.75 Å². The van der Waals surface area contributed by atoms with E-state index in [1.165, 1.54) is 0 Å². The van der Waals surface area contributed by atoms with E-state index in [1.54, 1.807) is 13.1 Å². The first-order valence-corrected chi connectivity index (χ1v) is 8.36. The highest BCUT2D eigenvalue weighted by atomic mass is 16.5. The number of hydrogen-bond donors (Lipinski definition) is 1. The van der Waals surface area contributed by atoms with E-state index in [-0.39, 0.29) is 5.91 Å². The van der Waals surface area contributed by atoms with Gasteiger partial charge in [-0.2, -0.15) is 10.1 Å². The van der Waals surface area contributed by atoms with E-state index in [2.05, 4.69) is 20.5 Å². The number of amides is 1. The van der Waals surface area contributed by atoms with E-state index in [0.717, 1.165) is 11.4 Å². The molecule has 0 saturated carbocycles. The van der Waals surface area contributed by atoms with Gasteiger partial charge in [-0.05, 0) is 19.1 Å². The number of ether oxygens (including phenoxy) is 1. The fourth-order valence-electron chi connectivity index (χ4n) is 2.70. The van der Waals surface area contributed by atoms with Crippen LogP contribution in [0.1, 0.15) is 13.8 Å². The monoisotopic (exact) mass is 342 g/mol. The Morgan fingerprint density at radius 2 is 2.00 bits per heavy atom. The molecule has 1 saturated heterocycles. The molecule has 1 aromatic heterocycles. The zero-order valence-electron chi connectivity index (χ0n) is 14.5. The quantitative estimate of drug-likeness (QED) is 0.885. The Hall–Kier alpha value is -2.90. The molecule has 3 rings (SSSR count). The Morgan fingerprint density at radius 1 is 1.24 bits per heavy atom. The zero-order valence-corrected chi connectivity index (χ0v) is 14.5. The van der Waals surface area contributed by atoms with Crippen molar-refractivity contribution in [3.05, 3.63) is 30.5 Å². The van der Waals surface area contributed by atoms with E-state index < -0.39 is 0 Å². The molecular weight excluding hydrogens is 320 g/mol. The highest BCUT2D eigenvalue weighted by molar-refractivity contribution is 5.73. The van der Waals surface area contributed by atoms with E-state index in [9.17, 15) is 4.79 Å². The van der Waals surface area contributed by atoms with Crippen LogP contribution in [0.15, 0.2) is 30.5 Å². The summed E-state index contributed by atoms with van der Waals surface area (Å²) < 4.78 is 5.62. The second kappa shape index (κ2) is 7.78. The van der Waals surface area contributed by atoms with Gasteiger partial charge in [0, 0.05) is 33.1 Å². The summed E-state index contributed by atoms with van der Waals surface area (Å²) in [4.78, 5) is 19.8. The van der Waals surface area contributed by atoms with Crippen molar-refractivity contribution in [1.29, 1.82) is 0 Å². The highest BCUT2D eigenvalue weighted by Crippen LogP contribution is 2.26. The topological polar surface area (TPSA) is 83.5 Å². The summed E-state index contributed by atoms with van der Waals surface area (Å²) in [5.74, 6) is 2.02. The minimum absolute atomic E-state index is 0.0987. The number of piperazine rings is 1. The summed E-state index contributed by atoms with van der Waals surface area (Å²) in [5.41, 5.74) is 0.831. The van der Waals surface area contributed by atoms with Crippen molar-refractivity contribution in [2.24, 2.45) is 0 Å². The van der Waals surface area contributed by atoms with E-state index in [1.807, 2.05) is 41.0 Å². The minimum Gasteiger partial charge on any atom is -0.492 e. The summed E-state index contributed by atoms with van der Waals surface area (Å²) in [6, 6.07) is 7.69. The number of benzene rings is 1. The molecule has 0 radical (unpaired) electrons. The lowest BCUT2D eigenvalue weighted by molar-refractivity contribution is -0.129. The molecule has 2 heterocycles. The molecule has 0 bridgehead atoms. The second-order valence-corrected chi connectivity index (χ2v) is 5.69. The highest BCUT2D eigenvalue weighted by Gasteiger charge is 2.21. The molecule has 1 fully saturated rings. The van der Waals surface area contributed by atoms with Gasteiger partial charge in [0.2, 0.25) is 11.9 Å². The van der Waals surface area contributed by atoms with Gasteiger partial charge in [0.25, 0.3) is 0 Å². The molecule has 8 nitrogen and oxygen atoms in total. The van der Waals surface area contributed by atoms with Crippen molar-refractivity contribution in [2.45, 2.75) is 13.8 Å². The predicted octanol–water partition coefficient (Wildman–Crippen LogP) is 1.68. The molecule has 1 aliphatic rings. The van der Waals surface area contributed by atoms with Crippen LogP contribution in [0, 0.1) is 0 Å². The van der Waals surface area contributed by atoms with Crippen LogP contribution in [0.3, 0.4) is 0 Å². The molecule has 0 unspecified atom stereocenters. The number of carbonyl (C=O) groups excluding carboxylic acids is 1. The molecule has 1 aromatic carbocycles. The predicted molar refractivity (Wildman–Crippen MR) is 95.2 cm³/mol. The van der Waals surface area contributed by atoms with Gasteiger partial charge in [-0.3, -0.25) is 4.79 Å². The van der Waals surface area contributed by atoms with E-state index >= 15 is 0 Å². The molecule has 8 heteroatoms. The maximum absolute atomic E-state index is 11.4. The first-order valence-electron chi connectivity index (χ1n) is 8.36. The summed E-state index contributed by atoms with van der Waals surface area (Å²) in [5, 5.41) is 11.4. The molecule has 2 aromatic rings. The molecule has 1 aliphatic heterocycles. The summed E-state index contributed by atoms with van der Waals surface area (Å²) in [6.07, 6.45) is 1.58. The first kappa shape index (κ1) is 16.9. The van der Waals surface area contributed by atoms with Gasteiger partial charge in [-0.15, -0.1) is 5.10 Å². The Balaban J connectivity index is 1.71. The average Bonchev–Trinajstić information content (AvgIpc) is 2.64. The SMILES string of the molecule is CCOc1ccccc1Nc1cnnc(N2CCN(C(C)=O)CC2)n1. The molecule has 1 N–H and O–H groups in total. The Kier molecular flexibility index (Phi) is 5.27. The number of nitrogens with zero attached hydrogens (tertiary/aromatic N) is 5. The van der Waals surface area contributed by atoms with Crippen LogP contribution in [0.2, 0.25) is 0 Å². The third-order valence-electron chi connectivity index (χ3n) is 4.01. The van der Waals surface area contributed by atoms with Crippen LogP contribution in [-0.2, 0) is 4.79 Å². The smallest absolute Gasteiger partial charge is 0.247 e. The minimum atomic E-state index is 0.0987. The lowest BCUT2D eigenvalue weighted by Gasteiger charge is -2.33. The largest absolute Gasteiger partial charge is 0.492 e. The Bertz CT molecular complexity index is 731. The summed E-state index contributed by atoms with van der Waals surface area (Å²) >= 11 is 0. The van der Waals surface area contributed by atoms with Gasteiger partial charge >= 0.3 is 0 Å². The number of anilines is 3. The number of rotatable bonds is 5. The molecule has 132 valence electrons. The third kappa shape index (κ3) is 4.14. The van der Waals surface area contributed by atoms with Crippen molar-refractivity contribution in [3.8, 4) is 5.75 Å². The van der Waals surface area contributed by atoms with Crippen molar-refractivity contribution < 1.29 is 9.53 Å². The van der Waals surface area contributed by atoms with Gasteiger partial charge < -0.3 is 19.9 Å². The van der Waals surface area contributed by atoms with Gasteiger partial charge in [-0.25, -0.2) is 0 Å².